The van der Waals surface area contributed by atoms with Crippen LogP contribution >= 0.6 is 0 Å². The lowest BCUT2D eigenvalue weighted by molar-refractivity contribution is -0.0958. The Kier molecular flexibility index (Phi) is 14.7. The van der Waals surface area contributed by atoms with E-state index in [1.54, 1.807) is 0 Å². The van der Waals surface area contributed by atoms with Crippen LogP contribution in [0.5, 0.6) is 0 Å². The number of hydrogen-bond donors (Lipinski definition) is 4. The van der Waals surface area contributed by atoms with Gasteiger partial charge in [0.25, 0.3) is 0 Å². The van der Waals surface area contributed by atoms with Gasteiger partial charge in [0.15, 0.2) is 0 Å². The zero-order valence-electron chi connectivity index (χ0n) is 17.9. The zero-order chi connectivity index (χ0) is 19.2. The molecule has 0 aliphatic heterocycles. The van der Waals surface area contributed by atoms with Gasteiger partial charge in [0.2, 0.25) is 0 Å². The minimum atomic E-state index is 0.0172. The van der Waals surface area contributed by atoms with E-state index in [1.807, 2.05) is 28.2 Å². The summed E-state index contributed by atoms with van der Waals surface area (Å²) in [7, 11) is 16.5. The Bertz CT molecular complexity index is 275. The Labute approximate surface area is 156 Å². The molecule has 0 rings (SSSR count). The van der Waals surface area contributed by atoms with Gasteiger partial charge in [0.05, 0.1) is 0 Å². The van der Waals surface area contributed by atoms with Crippen molar-refractivity contribution in [3.05, 3.63) is 0 Å². The monoisotopic (exact) mass is 360 g/mol. The molecule has 0 fully saturated rings. The highest BCUT2D eigenvalue weighted by Gasteiger charge is 2.27. The first-order chi connectivity index (χ1) is 11.9. The smallest absolute Gasteiger partial charge is 0.114 e. The molecule has 0 aromatic carbocycles. The lowest BCUT2D eigenvalue weighted by Crippen LogP contribution is -2.50. The summed E-state index contributed by atoms with van der Waals surface area (Å²) in [6, 6.07) is 0. The van der Waals surface area contributed by atoms with Gasteiger partial charge in [-0.05, 0) is 82.3 Å². The molecule has 0 spiro atoms. The minimum absolute atomic E-state index is 0.0172. The maximum absolute atomic E-state index is 6.50. The van der Waals surface area contributed by atoms with Crippen molar-refractivity contribution in [2.45, 2.75) is 25.3 Å². The molecule has 0 saturated heterocycles. The average Bonchev–Trinajstić information content (AvgIpc) is 2.57. The third kappa shape index (κ3) is 11.1. The van der Waals surface area contributed by atoms with E-state index >= 15 is 0 Å². The molecule has 0 bridgehead atoms. The molecule has 0 amide bonds. The van der Waals surface area contributed by atoms with Gasteiger partial charge in [0.1, 0.15) is 12.5 Å². The van der Waals surface area contributed by atoms with E-state index in [0.717, 1.165) is 39.0 Å². The van der Waals surface area contributed by atoms with Gasteiger partial charge in [0, 0.05) is 24.9 Å². The van der Waals surface area contributed by atoms with Gasteiger partial charge in [-0.3, -0.25) is 10.6 Å². The fourth-order valence-electron chi connectivity index (χ4n) is 3.08. The first kappa shape index (κ1) is 24.7. The van der Waals surface area contributed by atoms with Crippen LogP contribution in [-0.2, 0) is 4.74 Å². The molecule has 25 heavy (non-hydrogen) atoms. The molecule has 7 heteroatoms. The van der Waals surface area contributed by atoms with Crippen LogP contribution in [0.2, 0.25) is 0 Å². The largest absolute Gasteiger partial charge is 0.345 e. The molecular formula is C18H44N6O. The second-order valence-electron chi connectivity index (χ2n) is 7.37. The molecule has 0 radical (unpaired) electrons. The Balaban J connectivity index is 4.94. The highest BCUT2D eigenvalue weighted by atomic mass is 16.5. The molecule has 0 saturated carbocycles. The lowest BCUT2D eigenvalue weighted by Gasteiger charge is -2.35. The van der Waals surface area contributed by atoms with Gasteiger partial charge in [-0.2, -0.15) is 0 Å². The molecule has 152 valence electrons. The third-order valence-electron chi connectivity index (χ3n) is 4.55. The second-order valence-corrected chi connectivity index (χ2v) is 7.37. The van der Waals surface area contributed by atoms with E-state index in [2.05, 4.69) is 59.3 Å². The predicted octanol–water partition coefficient (Wildman–Crippen LogP) is -0.331. The van der Waals surface area contributed by atoms with E-state index in [0.29, 0.717) is 11.8 Å². The van der Waals surface area contributed by atoms with Crippen molar-refractivity contribution in [2.24, 2.45) is 11.8 Å². The Hall–Kier alpha value is -0.280. The SMILES string of the molecule is CNCC(CCN(C)C)C(NC)OC(NC)C(CCN(C)C)CNC. The minimum Gasteiger partial charge on any atom is -0.345 e. The molecule has 4 atom stereocenters. The summed E-state index contributed by atoms with van der Waals surface area (Å²) in [4.78, 5) is 4.46. The molecule has 0 aliphatic rings. The van der Waals surface area contributed by atoms with E-state index in [9.17, 15) is 0 Å². The van der Waals surface area contributed by atoms with Crippen LogP contribution in [0.25, 0.3) is 0 Å². The average molecular weight is 361 g/mol. The number of nitrogens with zero attached hydrogens (tertiary/aromatic N) is 2. The van der Waals surface area contributed by atoms with Gasteiger partial charge < -0.3 is 25.2 Å². The van der Waals surface area contributed by atoms with Crippen molar-refractivity contribution in [1.29, 1.82) is 0 Å². The molecule has 7 nitrogen and oxygen atoms in total. The van der Waals surface area contributed by atoms with Crippen molar-refractivity contribution < 1.29 is 4.74 Å². The molecule has 0 aliphatic carbocycles. The molecule has 4 unspecified atom stereocenters. The van der Waals surface area contributed by atoms with Crippen LogP contribution in [0.4, 0.5) is 0 Å². The van der Waals surface area contributed by atoms with E-state index in [-0.39, 0.29) is 12.5 Å². The fraction of sp³-hybridized carbons (Fsp3) is 1.00. The molecule has 0 aromatic rings. The number of ether oxygens (including phenoxy) is 1. The molecule has 0 heterocycles. The van der Waals surface area contributed by atoms with Crippen molar-refractivity contribution in [3.63, 3.8) is 0 Å². The standard InChI is InChI=1S/C18H44N6O/c1-19-13-15(9-11-23(5)6)17(21-3)25-18(22-4)16(14-20-2)10-12-24(7)8/h15-22H,9-14H2,1-8H3. The summed E-state index contributed by atoms with van der Waals surface area (Å²) in [5.41, 5.74) is 0. The first-order valence-electron chi connectivity index (χ1n) is 9.48. The Morgan fingerprint density at radius 3 is 1.28 bits per heavy atom. The van der Waals surface area contributed by atoms with Gasteiger partial charge in [-0.25, -0.2) is 0 Å². The second kappa shape index (κ2) is 14.8. The summed E-state index contributed by atoms with van der Waals surface area (Å²) in [6.45, 7) is 3.98. The van der Waals surface area contributed by atoms with Crippen LogP contribution in [-0.4, -0.2) is 105 Å². The van der Waals surface area contributed by atoms with E-state index < -0.39 is 0 Å². The normalized spacial score (nSPS) is 17.0. The maximum Gasteiger partial charge on any atom is 0.114 e. The molecule has 4 N–H and O–H groups in total. The summed E-state index contributed by atoms with van der Waals surface area (Å²) in [5.74, 6) is 0.828. The maximum atomic E-state index is 6.50. The Morgan fingerprint density at radius 1 is 0.680 bits per heavy atom. The van der Waals surface area contributed by atoms with Crippen LogP contribution in [0.3, 0.4) is 0 Å². The van der Waals surface area contributed by atoms with Crippen LogP contribution in [0, 0.1) is 11.8 Å². The lowest BCUT2D eigenvalue weighted by atomic mass is 10.0. The quantitative estimate of drug-likeness (QED) is 0.281. The third-order valence-corrected chi connectivity index (χ3v) is 4.55. The topological polar surface area (TPSA) is 63.8 Å². The fourth-order valence-corrected chi connectivity index (χ4v) is 3.08. The summed E-state index contributed by atoms with van der Waals surface area (Å²) >= 11 is 0. The van der Waals surface area contributed by atoms with Gasteiger partial charge >= 0.3 is 0 Å². The summed E-state index contributed by atoms with van der Waals surface area (Å²) in [6.07, 6.45) is 2.21. The highest BCUT2D eigenvalue weighted by molar-refractivity contribution is 4.76. The predicted molar refractivity (Wildman–Crippen MR) is 108 cm³/mol. The van der Waals surface area contributed by atoms with Gasteiger partial charge in [-0.15, -0.1) is 0 Å². The van der Waals surface area contributed by atoms with Crippen LogP contribution in [0.1, 0.15) is 12.8 Å². The number of nitrogens with one attached hydrogen (secondary N) is 4. The van der Waals surface area contributed by atoms with E-state index in [1.165, 1.54) is 0 Å². The molecular weight excluding hydrogens is 316 g/mol. The van der Waals surface area contributed by atoms with Gasteiger partial charge in [-0.1, -0.05) is 0 Å². The van der Waals surface area contributed by atoms with Crippen molar-refractivity contribution in [2.75, 3.05) is 82.6 Å². The number of hydrogen-bond acceptors (Lipinski definition) is 7. The van der Waals surface area contributed by atoms with Crippen molar-refractivity contribution in [3.8, 4) is 0 Å². The molecule has 0 aromatic heterocycles. The first-order valence-corrected chi connectivity index (χ1v) is 9.48. The van der Waals surface area contributed by atoms with Crippen LogP contribution < -0.4 is 21.3 Å². The Morgan fingerprint density at radius 2 is 1.04 bits per heavy atom. The highest BCUT2D eigenvalue weighted by Crippen LogP contribution is 2.17. The number of rotatable bonds is 16. The zero-order valence-corrected chi connectivity index (χ0v) is 17.9. The van der Waals surface area contributed by atoms with Crippen molar-refractivity contribution in [1.82, 2.24) is 31.1 Å². The summed E-state index contributed by atoms with van der Waals surface area (Å²) in [5, 5.41) is 13.4. The summed E-state index contributed by atoms with van der Waals surface area (Å²) < 4.78 is 6.50. The van der Waals surface area contributed by atoms with Crippen LogP contribution in [0.15, 0.2) is 0 Å². The van der Waals surface area contributed by atoms with Crippen molar-refractivity contribution >= 4 is 0 Å². The van der Waals surface area contributed by atoms with E-state index in [4.69, 9.17) is 4.74 Å².